The third-order valence-electron chi connectivity index (χ3n) is 14.3. The molecule has 0 fully saturated rings. The summed E-state index contributed by atoms with van der Waals surface area (Å²) in [6.07, 6.45) is 81.9. The van der Waals surface area contributed by atoms with Gasteiger partial charge in [-0.3, -0.25) is 9.59 Å². The Labute approximate surface area is 499 Å². The minimum Gasteiger partial charge on any atom is -0.545 e. The van der Waals surface area contributed by atoms with Gasteiger partial charge in [-0.05, 0) is 77.0 Å². The van der Waals surface area contributed by atoms with Gasteiger partial charge in [-0.1, -0.05) is 291 Å². The van der Waals surface area contributed by atoms with E-state index in [1.165, 1.54) is 161 Å². The van der Waals surface area contributed by atoms with Crippen molar-refractivity contribution in [2.45, 2.75) is 296 Å². The van der Waals surface area contributed by atoms with Gasteiger partial charge in [0.25, 0.3) is 0 Å². The van der Waals surface area contributed by atoms with Crippen molar-refractivity contribution in [1.82, 2.24) is 0 Å². The molecule has 0 rings (SSSR count). The summed E-state index contributed by atoms with van der Waals surface area (Å²) in [5, 5.41) is 11.8. The number of carboxylic acid groups (broad SMARTS) is 1. The molecule has 0 N–H and O–H groups in total. The summed E-state index contributed by atoms with van der Waals surface area (Å²) < 4.78 is 22.8. The molecule has 81 heavy (non-hydrogen) atoms. The summed E-state index contributed by atoms with van der Waals surface area (Å²) in [4.78, 5) is 37.4. The molecule has 0 aromatic carbocycles. The Morgan fingerprint density at radius 3 is 1.05 bits per heavy atom. The van der Waals surface area contributed by atoms with Gasteiger partial charge in [-0.15, -0.1) is 0 Å². The highest BCUT2D eigenvalue weighted by molar-refractivity contribution is 5.70. The molecule has 0 aromatic rings. The molecule has 9 nitrogen and oxygen atoms in total. The Kier molecular flexibility index (Phi) is 59.3. The van der Waals surface area contributed by atoms with E-state index in [1.54, 1.807) is 0 Å². The predicted octanol–water partition coefficient (Wildman–Crippen LogP) is 19.1. The second-order valence-corrected chi connectivity index (χ2v) is 23.4. The van der Waals surface area contributed by atoms with Crippen molar-refractivity contribution in [3.05, 3.63) is 97.2 Å². The molecule has 0 aromatic heterocycles. The van der Waals surface area contributed by atoms with Crippen LogP contribution in [0.2, 0.25) is 0 Å². The van der Waals surface area contributed by atoms with Crippen molar-refractivity contribution < 1.29 is 42.9 Å². The van der Waals surface area contributed by atoms with Crippen molar-refractivity contribution in [3.8, 4) is 0 Å². The van der Waals surface area contributed by atoms with Gasteiger partial charge in [-0.25, -0.2) is 0 Å². The van der Waals surface area contributed by atoms with Crippen molar-refractivity contribution in [2.75, 3.05) is 47.5 Å². The number of carboxylic acids is 1. The number of carbonyl (C=O) groups excluding carboxylic acids is 3. The van der Waals surface area contributed by atoms with Gasteiger partial charge in [0.15, 0.2) is 12.4 Å². The van der Waals surface area contributed by atoms with Crippen LogP contribution in [0.4, 0.5) is 0 Å². The lowest BCUT2D eigenvalue weighted by Gasteiger charge is -2.26. The Balaban J connectivity index is 4.13. The molecule has 0 spiro atoms. The van der Waals surface area contributed by atoms with Gasteiger partial charge in [0, 0.05) is 12.8 Å². The highest BCUT2D eigenvalue weighted by Crippen LogP contribution is 2.17. The van der Waals surface area contributed by atoms with E-state index in [1.807, 2.05) is 21.1 Å². The molecule has 0 aliphatic rings. The topological polar surface area (TPSA) is 111 Å². The molecular formula is C72H125NO8. The number of quaternary nitrogens is 1. The lowest BCUT2D eigenvalue weighted by Crippen LogP contribution is -2.44. The summed E-state index contributed by atoms with van der Waals surface area (Å²) in [5.41, 5.74) is 0. The first-order valence-electron chi connectivity index (χ1n) is 33.4. The first-order valence-corrected chi connectivity index (χ1v) is 33.4. The average molecular weight is 1130 g/mol. The SMILES string of the molecule is CC/C=C\C/C=C\C/C=C\C/C=C\C/C=C\C/C=C\C/C=C\C/C=C\CCCCCCCCCCCCCCC(=O)OC(COC(=O)CCCCCCCCCCCCCCCCCCCCC)COC(OCC[N+](C)(C)C)C(=O)[O-]. The maximum atomic E-state index is 12.9. The number of ether oxygens (including phenoxy) is 4. The highest BCUT2D eigenvalue weighted by atomic mass is 16.7. The van der Waals surface area contributed by atoms with Gasteiger partial charge in [0.2, 0.25) is 0 Å². The van der Waals surface area contributed by atoms with Crippen LogP contribution in [0, 0.1) is 0 Å². The molecule has 0 radical (unpaired) electrons. The Morgan fingerprint density at radius 1 is 0.383 bits per heavy atom. The van der Waals surface area contributed by atoms with Crippen LogP contribution in [-0.2, 0) is 33.3 Å². The summed E-state index contributed by atoms with van der Waals surface area (Å²) >= 11 is 0. The first-order chi connectivity index (χ1) is 39.6. The molecule has 0 aliphatic heterocycles. The fourth-order valence-electron chi connectivity index (χ4n) is 9.26. The minimum absolute atomic E-state index is 0.146. The van der Waals surface area contributed by atoms with Gasteiger partial charge < -0.3 is 33.3 Å². The zero-order valence-electron chi connectivity index (χ0n) is 53.1. The predicted molar refractivity (Wildman–Crippen MR) is 343 cm³/mol. The molecule has 0 amide bonds. The second kappa shape index (κ2) is 62.3. The number of esters is 2. The molecule has 0 saturated heterocycles. The van der Waals surface area contributed by atoms with E-state index in [4.69, 9.17) is 18.9 Å². The number of carbonyl (C=O) groups is 3. The van der Waals surface area contributed by atoms with Crippen molar-refractivity contribution in [1.29, 1.82) is 0 Å². The van der Waals surface area contributed by atoms with Crippen LogP contribution >= 0.6 is 0 Å². The van der Waals surface area contributed by atoms with E-state index >= 15 is 0 Å². The molecule has 0 aliphatic carbocycles. The number of rotatable bonds is 61. The van der Waals surface area contributed by atoms with E-state index in [0.29, 0.717) is 23.9 Å². The van der Waals surface area contributed by atoms with E-state index in [-0.39, 0.29) is 32.2 Å². The molecule has 2 atom stereocenters. The molecule has 9 heteroatoms. The number of hydrogen-bond acceptors (Lipinski definition) is 8. The van der Waals surface area contributed by atoms with Crippen LogP contribution in [0.25, 0.3) is 0 Å². The minimum atomic E-state index is -1.62. The van der Waals surface area contributed by atoms with Crippen LogP contribution < -0.4 is 5.11 Å². The van der Waals surface area contributed by atoms with Crippen molar-refractivity contribution >= 4 is 17.9 Å². The zero-order chi connectivity index (χ0) is 59.1. The third-order valence-corrected chi connectivity index (χ3v) is 14.3. The van der Waals surface area contributed by atoms with Crippen LogP contribution in [0.5, 0.6) is 0 Å². The number of allylic oxidation sites excluding steroid dienone is 16. The summed E-state index contributed by atoms with van der Waals surface area (Å²) in [6, 6.07) is 0. The lowest BCUT2D eigenvalue weighted by molar-refractivity contribution is -0.870. The largest absolute Gasteiger partial charge is 0.545 e. The number of nitrogens with zero attached hydrogens (tertiary/aromatic N) is 1. The van der Waals surface area contributed by atoms with E-state index in [2.05, 4.69) is 111 Å². The normalized spacial score (nSPS) is 13.3. The van der Waals surface area contributed by atoms with Crippen LogP contribution in [-0.4, -0.2) is 82.3 Å². The van der Waals surface area contributed by atoms with Gasteiger partial charge in [0.1, 0.15) is 13.2 Å². The maximum absolute atomic E-state index is 12.9. The second-order valence-electron chi connectivity index (χ2n) is 23.4. The fraction of sp³-hybridized carbons (Fsp3) is 0.736. The van der Waals surface area contributed by atoms with Gasteiger partial charge >= 0.3 is 11.9 Å². The maximum Gasteiger partial charge on any atom is 0.306 e. The Bertz CT molecular complexity index is 1650. The summed E-state index contributed by atoms with van der Waals surface area (Å²) in [7, 11) is 5.93. The summed E-state index contributed by atoms with van der Waals surface area (Å²) in [5.74, 6) is -2.28. The number of aliphatic carboxylic acids is 1. The van der Waals surface area contributed by atoms with Crippen molar-refractivity contribution in [2.24, 2.45) is 0 Å². The fourth-order valence-corrected chi connectivity index (χ4v) is 9.26. The van der Waals surface area contributed by atoms with Gasteiger partial charge in [-0.2, -0.15) is 0 Å². The summed E-state index contributed by atoms with van der Waals surface area (Å²) in [6.45, 7) is 4.66. The van der Waals surface area contributed by atoms with E-state index in [9.17, 15) is 19.5 Å². The first kappa shape index (κ1) is 77.2. The zero-order valence-corrected chi connectivity index (χ0v) is 53.1. The average Bonchev–Trinajstić information content (AvgIpc) is 3.44. The molecule has 466 valence electrons. The number of likely N-dealkylation sites (N-methyl/N-ethyl adjacent to an activating group) is 1. The molecule has 2 unspecified atom stereocenters. The monoisotopic (exact) mass is 1130 g/mol. The van der Waals surface area contributed by atoms with Gasteiger partial charge in [0.05, 0.1) is 40.3 Å². The molecular weight excluding hydrogens is 1010 g/mol. The molecule has 0 bridgehead atoms. The number of unbranched alkanes of at least 4 members (excludes halogenated alkanes) is 30. The van der Waals surface area contributed by atoms with E-state index < -0.39 is 24.3 Å². The molecule has 0 heterocycles. The van der Waals surface area contributed by atoms with Crippen molar-refractivity contribution in [3.63, 3.8) is 0 Å². The van der Waals surface area contributed by atoms with Crippen LogP contribution in [0.1, 0.15) is 284 Å². The quantitative estimate of drug-likeness (QED) is 0.0195. The smallest absolute Gasteiger partial charge is 0.306 e. The van der Waals surface area contributed by atoms with Crippen LogP contribution in [0.3, 0.4) is 0 Å². The van der Waals surface area contributed by atoms with E-state index in [0.717, 1.165) is 89.9 Å². The molecule has 0 saturated carbocycles. The highest BCUT2D eigenvalue weighted by Gasteiger charge is 2.22. The Morgan fingerprint density at radius 2 is 0.704 bits per heavy atom. The Hall–Kier alpha value is -3.79. The number of hydrogen-bond donors (Lipinski definition) is 0. The lowest BCUT2D eigenvalue weighted by atomic mass is 10.0. The third kappa shape index (κ3) is 63.6. The van der Waals surface area contributed by atoms with Crippen LogP contribution in [0.15, 0.2) is 97.2 Å². The standard InChI is InChI=1S/C72H125NO8/c1-6-8-10-12-14-16-18-20-22-24-26-27-28-29-30-31-32-33-34-35-36-37-38-39-40-41-42-43-45-47-49-51-53-55-57-59-61-63-70(75)81-68(67-80-72(71(76)77)78-65-64-73(3,4)5)66-79-69(74)62-60-58-56-54-52-50-48-46-44-25-23-21-19-17-15-13-11-9-7-2/h8,10,14,16,20,22,26-27,29-30,32-33,35-36,38-39,68,72H,6-7,9,11-13,15,17-19,21,23-25,28,31,34,37,40-67H2,1-5H3/b10-8-,16-14-,22-20-,27-26-,30-29-,33-32-,36-35-,39-38-.